The van der Waals surface area contributed by atoms with Crippen molar-refractivity contribution in [3.05, 3.63) is 0 Å². The second-order valence-electron chi connectivity index (χ2n) is 5.58. The third kappa shape index (κ3) is 3.70. The number of carbonyl (C=O) groups is 2. The van der Waals surface area contributed by atoms with E-state index in [1.807, 2.05) is 13.8 Å². The van der Waals surface area contributed by atoms with Gasteiger partial charge in [0.25, 0.3) is 0 Å². The topological polar surface area (TPSA) is 86.6 Å². The minimum Gasteiger partial charge on any atom is -0.481 e. The summed E-state index contributed by atoms with van der Waals surface area (Å²) in [6.45, 7) is 3.92. The predicted octanol–water partition coefficient (Wildman–Crippen LogP) is 1.15. The number of amides is 1. The quantitative estimate of drug-likeness (QED) is 0.666. The lowest BCUT2D eigenvalue weighted by atomic mass is 9.82. The first-order chi connectivity index (χ1) is 8.37. The summed E-state index contributed by atoms with van der Waals surface area (Å²) in [6.07, 6.45) is 2.32. The van der Waals surface area contributed by atoms with Crippen molar-refractivity contribution in [1.82, 2.24) is 5.32 Å². The van der Waals surface area contributed by atoms with Gasteiger partial charge in [0.1, 0.15) is 0 Å². The standard InChI is InChI=1S/C13H23NO4/c1-9(2)10(15)8-14-11(16)7-13(12(17)18)5-3-4-6-13/h9-10,15H,3-8H2,1-2H3,(H,14,16)(H,17,18). The van der Waals surface area contributed by atoms with Crippen LogP contribution in [0.1, 0.15) is 46.0 Å². The van der Waals surface area contributed by atoms with Gasteiger partial charge in [-0.25, -0.2) is 0 Å². The summed E-state index contributed by atoms with van der Waals surface area (Å²) in [5, 5.41) is 21.4. The van der Waals surface area contributed by atoms with Crippen molar-refractivity contribution in [2.24, 2.45) is 11.3 Å². The van der Waals surface area contributed by atoms with Crippen LogP contribution < -0.4 is 5.32 Å². The van der Waals surface area contributed by atoms with Crippen molar-refractivity contribution in [3.63, 3.8) is 0 Å². The molecule has 104 valence electrons. The van der Waals surface area contributed by atoms with E-state index in [9.17, 15) is 19.8 Å². The molecule has 18 heavy (non-hydrogen) atoms. The lowest BCUT2D eigenvalue weighted by Crippen LogP contribution is -2.39. The molecule has 0 aliphatic heterocycles. The third-order valence-corrected chi connectivity index (χ3v) is 3.79. The summed E-state index contributed by atoms with van der Waals surface area (Å²) >= 11 is 0. The molecular formula is C13H23NO4. The summed E-state index contributed by atoms with van der Waals surface area (Å²) in [4.78, 5) is 23.0. The van der Waals surface area contributed by atoms with Gasteiger partial charge >= 0.3 is 5.97 Å². The Hall–Kier alpha value is -1.10. The molecule has 0 spiro atoms. The molecule has 0 aromatic rings. The molecule has 1 atom stereocenters. The number of hydrogen-bond donors (Lipinski definition) is 3. The average Bonchev–Trinajstić information content (AvgIpc) is 2.75. The van der Waals surface area contributed by atoms with Gasteiger partial charge in [0.05, 0.1) is 11.5 Å². The molecular weight excluding hydrogens is 234 g/mol. The Morgan fingerprint density at radius 3 is 2.28 bits per heavy atom. The predicted molar refractivity (Wildman–Crippen MR) is 67.0 cm³/mol. The summed E-state index contributed by atoms with van der Waals surface area (Å²) in [6, 6.07) is 0. The Balaban J connectivity index is 2.46. The number of aliphatic hydroxyl groups excluding tert-OH is 1. The minimum absolute atomic E-state index is 0.0210. The molecule has 0 radical (unpaired) electrons. The van der Waals surface area contributed by atoms with E-state index >= 15 is 0 Å². The molecule has 1 saturated carbocycles. The van der Waals surface area contributed by atoms with Crippen LogP contribution in [-0.4, -0.2) is 34.7 Å². The smallest absolute Gasteiger partial charge is 0.310 e. The van der Waals surface area contributed by atoms with E-state index in [2.05, 4.69) is 5.32 Å². The van der Waals surface area contributed by atoms with Crippen molar-refractivity contribution in [3.8, 4) is 0 Å². The van der Waals surface area contributed by atoms with E-state index in [4.69, 9.17) is 0 Å². The van der Waals surface area contributed by atoms with E-state index in [0.717, 1.165) is 12.8 Å². The van der Waals surface area contributed by atoms with Crippen molar-refractivity contribution in [2.75, 3.05) is 6.54 Å². The third-order valence-electron chi connectivity index (χ3n) is 3.79. The molecule has 5 nitrogen and oxygen atoms in total. The van der Waals surface area contributed by atoms with Crippen LogP contribution in [0.15, 0.2) is 0 Å². The molecule has 1 rings (SSSR count). The van der Waals surface area contributed by atoms with Crippen LogP contribution in [0.5, 0.6) is 0 Å². The lowest BCUT2D eigenvalue weighted by Gasteiger charge is -2.23. The van der Waals surface area contributed by atoms with Crippen molar-refractivity contribution >= 4 is 11.9 Å². The normalized spacial score (nSPS) is 19.8. The maximum absolute atomic E-state index is 11.8. The number of nitrogens with one attached hydrogen (secondary N) is 1. The van der Waals surface area contributed by atoms with Gasteiger partial charge < -0.3 is 15.5 Å². The highest BCUT2D eigenvalue weighted by Crippen LogP contribution is 2.41. The fourth-order valence-corrected chi connectivity index (χ4v) is 2.34. The number of carboxylic acid groups (broad SMARTS) is 1. The van der Waals surface area contributed by atoms with Crippen LogP contribution in [-0.2, 0) is 9.59 Å². The Morgan fingerprint density at radius 1 is 1.28 bits per heavy atom. The van der Waals surface area contributed by atoms with Crippen LogP contribution >= 0.6 is 0 Å². The van der Waals surface area contributed by atoms with Crippen molar-refractivity contribution in [2.45, 2.75) is 52.1 Å². The van der Waals surface area contributed by atoms with Gasteiger partial charge in [-0.05, 0) is 18.8 Å². The van der Waals surface area contributed by atoms with Crippen LogP contribution in [0.2, 0.25) is 0 Å². The molecule has 1 unspecified atom stereocenters. The average molecular weight is 257 g/mol. The van der Waals surface area contributed by atoms with E-state index in [0.29, 0.717) is 12.8 Å². The minimum atomic E-state index is -0.882. The molecule has 0 bridgehead atoms. The fourth-order valence-electron chi connectivity index (χ4n) is 2.34. The van der Waals surface area contributed by atoms with E-state index in [-0.39, 0.29) is 24.8 Å². The van der Waals surface area contributed by atoms with E-state index in [1.165, 1.54) is 0 Å². The SMILES string of the molecule is CC(C)C(O)CNC(=O)CC1(C(=O)O)CCCC1. The van der Waals surface area contributed by atoms with Gasteiger partial charge in [-0.15, -0.1) is 0 Å². The zero-order chi connectivity index (χ0) is 13.8. The molecule has 0 aromatic heterocycles. The van der Waals surface area contributed by atoms with E-state index < -0.39 is 17.5 Å². The maximum atomic E-state index is 11.8. The first kappa shape index (κ1) is 15.0. The molecule has 0 aromatic carbocycles. The zero-order valence-corrected chi connectivity index (χ0v) is 11.1. The molecule has 1 aliphatic carbocycles. The van der Waals surface area contributed by atoms with Crippen LogP contribution in [0, 0.1) is 11.3 Å². The Morgan fingerprint density at radius 2 is 1.83 bits per heavy atom. The summed E-state index contributed by atoms with van der Waals surface area (Å²) < 4.78 is 0. The largest absolute Gasteiger partial charge is 0.481 e. The first-order valence-corrected chi connectivity index (χ1v) is 6.55. The highest BCUT2D eigenvalue weighted by molar-refractivity contribution is 5.85. The van der Waals surface area contributed by atoms with Crippen LogP contribution in [0.4, 0.5) is 0 Å². The van der Waals surface area contributed by atoms with Crippen molar-refractivity contribution < 1.29 is 19.8 Å². The molecule has 5 heteroatoms. The molecule has 0 heterocycles. The van der Waals surface area contributed by atoms with E-state index in [1.54, 1.807) is 0 Å². The fraction of sp³-hybridized carbons (Fsp3) is 0.846. The molecule has 1 fully saturated rings. The summed E-state index contributed by atoms with van der Waals surface area (Å²) in [7, 11) is 0. The van der Waals surface area contributed by atoms with Crippen molar-refractivity contribution in [1.29, 1.82) is 0 Å². The number of aliphatic carboxylic acids is 1. The summed E-state index contributed by atoms with van der Waals surface area (Å²) in [5.41, 5.74) is -0.882. The van der Waals surface area contributed by atoms with Gasteiger partial charge in [0, 0.05) is 13.0 Å². The van der Waals surface area contributed by atoms with Gasteiger partial charge in [-0.3, -0.25) is 9.59 Å². The number of carboxylic acids is 1. The van der Waals surface area contributed by atoms with Crippen LogP contribution in [0.25, 0.3) is 0 Å². The molecule has 0 saturated heterocycles. The lowest BCUT2D eigenvalue weighted by molar-refractivity contribution is -0.151. The highest BCUT2D eigenvalue weighted by atomic mass is 16.4. The number of aliphatic hydroxyl groups is 1. The zero-order valence-electron chi connectivity index (χ0n) is 11.1. The number of hydrogen-bond acceptors (Lipinski definition) is 3. The summed E-state index contributed by atoms with van der Waals surface area (Å²) in [5.74, 6) is -1.08. The Labute approximate surface area is 108 Å². The molecule has 1 aliphatic rings. The van der Waals surface area contributed by atoms with Gasteiger partial charge in [-0.2, -0.15) is 0 Å². The Kier molecular flexibility index (Phi) is 5.14. The molecule has 3 N–H and O–H groups in total. The second-order valence-corrected chi connectivity index (χ2v) is 5.58. The number of carbonyl (C=O) groups excluding carboxylic acids is 1. The maximum Gasteiger partial charge on any atom is 0.310 e. The highest BCUT2D eigenvalue weighted by Gasteiger charge is 2.42. The monoisotopic (exact) mass is 257 g/mol. The van der Waals surface area contributed by atoms with Gasteiger partial charge in [0.2, 0.25) is 5.91 Å². The van der Waals surface area contributed by atoms with Gasteiger partial charge in [0.15, 0.2) is 0 Å². The molecule has 1 amide bonds. The first-order valence-electron chi connectivity index (χ1n) is 6.55. The second kappa shape index (κ2) is 6.18. The Bertz CT molecular complexity index is 308. The number of rotatable bonds is 6. The van der Waals surface area contributed by atoms with Crippen LogP contribution in [0.3, 0.4) is 0 Å². The van der Waals surface area contributed by atoms with Gasteiger partial charge in [-0.1, -0.05) is 26.7 Å².